The first-order valence-corrected chi connectivity index (χ1v) is 9.16. The zero-order valence-corrected chi connectivity index (χ0v) is 15.8. The minimum atomic E-state index is -0.406. The summed E-state index contributed by atoms with van der Waals surface area (Å²) in [5, 5.41) is 1.69. The fourth-order valence-corrected chi connectivity index (χ4v) is 2.91. The van der Waals surface area contributed by atoms with Crippen molar-refractivity contribution in [2.45, 2.75) is 6.92 Å². The van der Waals surface area contributed by atoms with E-state index in [1.165, 1.54) is 23.8 Å². The maximum absolute atomic E-state index is 14.4. The summed E-state index contributed by atoms with van der Waals surface area (Å²) in [5.41, 5.74) is 3.71. The van der Waals surface area contributed by atoms with Crippen molar-refractivity contribution in [2.75, 3.05) is 0 Å². The van der Waals surface area contributed by atoms with Crippen molar-refractivity contribution in [3.05, 3.63) is 118 Å². The summed E-state index contributed by atoms with van der Waals surface area (Å²) in [4.78, 5) is 0. The second kappa shape index (κ2) is 8.01. The molecule has 4 rings (SSSR count). The summed E-state index contributed by atoms with van der Waals surface area (Å²) in [6.07, 6.45) is 0. The van der Waals surface area contributed by atoms with Gasteiger partial charge in [-0.1, -0.05) is 53.5 Å². The minimum Gasteiger partial charge on any atom is -0.207 e. The lowest BCUT2D eigenvalue weighted by Gasteiger charge is -1.99. The molecule has 4 aromatic rings. The largest absolute Gasteiger partial charge is 0.207 e. The molecule has 2 heteroatoms. The van der Waals surface area contributed by atoms with Gasteiger partial charge in [0.1, 0.15) is 11.6 Å². The highest BCUT2D eigenvalue weighted by Crippen LogP contribution is 2.17. The van der Waals surface area contributed by atoms with Gasteiger partial charge in [-0.2, -0.15) is 0 Å². The fraction of sp³-hybridized carbons (Fsp3) is 0.0370. The van der Waals surface area contributed by atoms with Gasteiger partial charge in [0.15, 0.2) is 0 Å². The number of hydrogen-bond acceptors (Lipinski definition) is 0. The number of fused-ring (bicyclic) bond motifs is 1. The third-order valence-electron chi connectivity index (χ3n) is 4.52. The van der Waals surface area contributed by atoms with Gasteiger partial charge in [-0.05, 0) is 72.3 Å². The molecule has 0 heterocycles. The van der Waals surface area contributed by atoms with Crippen molar-refractivity contribution in [1.29, 1.82) is 0 Å². The Morgan fingerprint density at radius 1 is 0.552 bits per heavy atom. The number of hydrogen-bond donors (Lipinski definition) is 0. The van der Waals surface area contributed by atoms with E-state index < -0.39 is 5.82 Å². The van der Waals surface area contributed by atoms with Crippen LogP contribution in [0.1, 0.15) is 27.8 Å². The second-order valence-electron chi connectivity index (χ2n) is 6.77. The summed E-state index contributed by atoms with van der Waals surface area (Å²) in [6, 6.07) is 22.7. The van der Waals surface area contributed by atoms with E-state index in [1.54, 1.807) is 24.3 Å². The smallest absolute Gasteiger partial charge is 0.140 e. The molecule has 0 saturated carbocycles. The molecule has 138 valence electrons. The topological polar surface area (TPSA) is 0 Å². The van der Waals surface area contributed by atoms with E-state index in [0.29, 0.717) is 11.1 Å². The summed E-state index contributed by atoms with van der Waals surface area (Å²) in [5.74, 6) is 11.2. The van der Waals surface area contributed by atoms with Crippen LogP contribution in [0.15, 0.2) is 78.9 Å². The zero-order chi connectivity index (χ0) is 20.2. The molecular weight excluding hydrogens is 362 g/mol. The first-order chi connectivity index (χ1) is 14.1. The molecule has 0 nitrogen and oxygen atoms in total. The Morgan fingerprint density at radius 3 is 1.93 bits per heavy atom. The predicted molar refractivity (Wildman–Crippen MR) is 113 cm³/mol. The minimum absolute atomic E-state index is 0.274. The van der Waals surface area contributed by atoms with Crippen LogP contribution in [0.25, 0.3) is 10.8 Å². The van der Waals surface area contributed by atoms with Crippen molar-refractivity contribution in [3.63, 3.8) is 0 Å². The standard InChI is InChI=1S/C27H16F2/c1-19-2-4-20(5-3-19)6-7-22-9-12-23(27(29)17-22)11-8-21-10-13-25-18-26(28)15-14-24(25)16-21/h2-5,9-10,12-18H,1H3. The van der Waals surface area contributed by atoms with E-state index in [0.717, 1.165) is 21.9 Å². The molecule has 0 aromatic heterocycles. The van der Waals surface area contributed by atoms with Crippen LogP contribution in [-0.4, -0.2) is 0 Å². The maximum Gasteiger partial charge on any atom is 0.140 e. The number of aryl methyl sites for hydroxylation is 1. The zero-order valence-electron chi connectivity index (χ0n) is 15.8. The highest BCUT2D eigenvalue weighted by molar-refractivity contribution is 5.84. The Labute approximate surface area is 168 Å². The van der Waals surface area contributed by atoms with Crippen molar-refractivity contribution < 1.29 is 8.78 Å². The van der Waals surface area contributed by atoms with E-state index in [-0.39, 0.29) is 5.82 Å². The Morgan fingerprint density at radius 2 is 1.14 bits per heavy atom. The molecular formula is C27H16F2. The van der Waals surface area contributed by atoms with Crippen molar-refractivity contribution in [3.8, 4) is 23.7 Å². The lowest BCUT2D eigenvalue weighted by molar-refractivity contribution is 0.624. The monoisotopic (exact) mass is 378 g/mol. The maximum atomic E-state index is 14.4. The second-order valence-corrected chi connectivity index (χ2v) is 6.77. The van der Waals surface area contributed by atoms with Crippen LogP contribution >= 0.6 is 0 Å². The van der Waals surface area contributed by atoms with Crippen LogP contribution in [0.5, 0.6) is 0 Å². The predicted octanol–water partition coefficient (Wildman–Crippen LogP) is 6.23. The van der Waals surface area contributed by atoms with Crippen LogP contribution in [0, 0.1) is 42.2 Å². The normalized spacial score (nSPS) is 10.0. The van der Waals surface area contributed by atoms with E-state index in [1.807, 2.05) is 43.3 Å². The number of halogens is 2. The molecule has 0 aliphatic heterocycles. The summed E-state index contributed by atoms with van der Waals surface area (Å²) < 4.78 is 27.7. The summed E-state index contributed by atoms with van der Waals surface area (Å²) >= 11 is 0. The Hall–Kier alpha value is -3.88. The summed E-state index contributed by atoms with van der Waals surface area (Å²) in [6.45, 7) is 2.02. The van der Waals surface area contributed by atoms with Gasteiger partial charge in [0.25, 0.3) is 0 Å². The highest BCUT2D eigenvalue weighted by atomic mass is 19.1. The molecule has 0 N–H and O–H groups in total. The molecule has 0 bridgehead atoms. The SMILES string of the molecule is Cc1ccc(C#Cc2ccc(C#Cc3ccc4cc(F)ccc4c3)c(F)c2)cc1. The Kier molecular flexibility index (Phi) is 5.10. The lowest BCUT2D eigenvalue weighted by Crippen LogP contribution is -1.86. The van der Waals surface area contributed by atoms with Gasteiger partial charge in [0.2, 0.25) is 0 Å². The first-order valence-electron chi connectivity index (χ1n) is 9.16. The molecule has 0 unspecified atom stereocenters. The molecule has 0 radical (unpaired) electrons. The van der Waals surface area contributed by atoms with E-state index in [2.05, 4.69) is 23.7 Å². The van der Waals surface area contributed by atoms with E-state index in [9.17, 15) is 8.78 Å². The van der Waals surface area contributed by atoms with Gasteiger partial charge < -0.3 is 0 Å². The quantitative estimate of drug-likeness (QED) is 0.318. The molecule has 29 heavy (non-hydrogen) atoms. The Bertz CT molecular complexity index is 1320. The van der Waals surface area contributed by atoms with Crippen LogP contribution in [-0.2, 0) is 0 Å². The molecule has 0 aliphatic rings. The average Bonchev–Trinajstić information content (AvgIpc) is 2.72. The average molecular weight is 378 g/mol. The molecule has 0 aliphatic carbocycles. The van der Waals surface area contributed by atoms with Crippen LogP contribution in [0.4, 0.5) is 8.78 Å². The van der Waals surface area contributed by atoms with E-state index in [4.69, 9.17) is 0 Å². The molecule has 4 aromatic carbocycles. The molecule has 0 fully saturated rings. The third kappa shape index (κ3) is 4.52. The van der Waals surface area contributed by atoms with E-state index >= 15 is 0 Å². The van der Waals surface area contributed by atoms with Gasteiger partial charge in [-0.25, -0.2) is 8.78 Å². The van der Waals surface area contributed by atoms with Gasteiger partial charge in [0.05, 0.1) is 5.56 Å². The van der Waals surface area contributed by atoms with Gasteiger partial charge in [-0.15, -0.1) is 0 Å². The van der Waals surface area contributed by atoms with Gasteiger partial charge in [-0.3, -0.25) is 0 Å². The van der Waals surface area contributed by atoms with Crippen molar-refractivity contribution in [2.24, 2.45) is 0 Å². The number of rotatable bonds is 0. The highest BCUT2D eigenvalue weighted by Gasteiger charge is 2.01. The first kappa shape index (κ1) is 18.5. The van der Waals surface area contributed by atoms with Crippen molar-refractivity contribution >= 4 is 10.8 Å². The molecule has 0 amide bonds. The molecule has 0 atom stereocenters. The Balaban J connectivity index is 1.56. The number of benzene rings is 4. The van der Waals surface area contributed by atoms with Crippen molar-refractivity contribution in [1.82, 2.24) is 0 Å². The fourth-order valence-electron chi connectivity index (χ4n) is 2.91. The van der Waals surface area contributed by atoms with Gasteiger partial charge in [0, 0.05) is 16.7 Å². The van der Waals surface area contributed by atoms with Gasteiger partial charge >= 0.3 is 0 Å². The molecule has 0 saturated heterocycles. The van der Waals surface area contributed by atoms with Crippen LogP contribution in [0.3, 0.4) is 0 Å². The summed E-state index contributed by atoms with van der Waals surface area (Å²) in [7, 11) is 0. The lowest BCUT2D eigenvalue weighted by atomic mass is 10.1. The molecule has 0 spiro atoms. The third-order valence-corrected chi connectivity index (χ3v) is 4.52. The van der Waals surface area contributed by atoms with Crippen LogP contribution in [0.2, 0.25) is 0 Å². The van der Waals surface area contributed by atoms with Crippen LogP contribution < -0.4 is 0 Å².